The molecule has 45 heavy (non-hydrogen) atoms. The van der Waals surface area contributed by atoms with Gasteiger partial charge in [-0.25, -0.2) is 9.97 Å². The van der Waals surface area contributed by atoms with Crippen molar-refractivity contribution in [2.75, 3.05) is 33.4 Å². The molecule has 0 radical (unpaired) electrons. The zero-order chi connectivity index (χ0) is 32.2. The molecule has 0 saturated carbocycles. The van der Waals surface area contributed by atoms with Crippen molar-refractivity contribution in [3.8, 4) is 0 Å². The maximum absolute atomic E-state index is 13.8. The molecule has 1 aromatic carbocycles. The van der Waals surface area contributed by atoms with E-state index in [1.165, 1.54) is 23.1 Å². The van der Waals surface area contributed by atoms with E-state index in [2.05, 4.69) is 15.3 Å². The van der Waals surface area contributed by atoms with Crippen LogP contribution in [0.4, 0.5) is 26.3 Å². The van der Waals surface area contributed by atoms with Gasteiger partial charge in [0.1, 0.15) is 5.69 Å². The molecule has 3 aliphatic heterocycles. The number of nitrogens with one attached hydrogen (secondary N) is 1. The molecule has 1 aromatic heterocycles. The van der Waals surface area contributed by atoms with Crippen molar-refractivity contribution in [1.82, 2.24) is 20.2 Å². The molecule has 2 aromatic rings. The van der Waals surface area contributed by atoms with Crippen molar-refractivity contribution in [2.24, 2.45) is 0 Å². The summed E-state index contributed by atoms with van der Waals surface area (Å²) >= 11 is 0. The van der Waals surface area contributed by atoms with Crippen LogP contribution in [0, 0.1) is 0 Å². The number of nitrogens with zero attached hydrogens (tertiary/aromatic N) is 3. The van der Waals surface area contributed by atoms with E-state index < -0.39 is 35.8 Å². The quantitative estimate of drug-likeness (QED) is 0.366. The first-order valence-electron chi connectivity index (χ1n) is 15.3. The summed E-state index contributed by atoms with van der Waals surface area (Å²) in [5.74, 6) is -1.93. The molecule has 0 aliphatic carbocycles. The number of amides is 1. The van der Waals surface area contributed by atoms with Crippen molar-refractivity contribution >= 4 is 5.91 Å². The molecule has 4 atom stereocenters. The molecule has 3 fully saturated rings. The van der Waals surface area contributed by atoms with E-state index in [0.717, 1.165) is 25.0 Å². The van der Waals surface area contributed by atoms with Gasteiger partial charge in [-0.15, -0.1) is 0 Å². The molecule has 248 valence electrons. The summed E-state index contributed by atoms with van der Waals surface area (Å²) in [5, 5.41) is 3.59. The van der Waals surface area contributed by atoms with Crippen LogP contribution in [-0.4, -0.2) is 78.5 Å². The number of alkyl halides is 6. The van der Waals surface area contributed by atoms with E-state index in [0.29, 0.717) is 64.0 Å². The smallest absolute Gasteiger partial charge is 0.379 e. The summed E-state index contributed by atoms with van der Waals surface area (Å²) < 4.78 is 97.2. The molecule has 0 unspecified atom stereocenters. The lowest BCUT2D eigenvalue weighted by Crippen LogP contribution is -2.54. The second-order valence-electron chi connectivity index (χ2n) is 11.9. The Morgan fingerprint density at radius 2 is 1.73 bits per heavy atom. The fraction of sp³-hybridized carbons (Fsp3) is 0.645. The number of rotatable bonds is 8. The molecular weight excluding hydrogens is 606 g/mol. The lowest BCUT2D eigenvalue weighted by molar-refractivity contribution is -0.145. The van der Waals surface area contributed by atoms with Crippen LogP contribution in [0.1, 0.15) is 84.2 Å². The van der Waals surface area contributed by atoms with Gasteiger partial charge in [-0.2, -0.15) is 26.3 Å². The van der Waals surface area contributed by atoms with E-state index >= 15 is 0 Å². The van der Waals surface area contributed by atoms with E-state index in [-0.39, 0.29) is 42.1 Å². The Kier molecular flexibility index (Phi) is 10.7. The van der Waals surface area contributed by atoms with Crippen LogP contribution >= 0.6 is 0 Å². The monoisotopic (exact) mass is 644 g/mol. The van der Waals surface area contributed by atoms with Gasteiger partial charge in [-0.05, 0) is 75.1 Å². The van der Waals surface area contributed by atoms with E-state index in [4.69, 9.17) is 14.2 Å². The van der Waals surface area contributed by atoms with Crippen LogP contribution in [0.15, 0.2) is 30.3 Å². The number of aromatic nitrogens is 2. The highest BCUT2D eigenvalue weighted by Gasteiger charge is 2.37. The van der Waals surface area contributed by atoms with E-state index in [1.807, 2.05) is 0 Å². The van der Waals surface area contributed by atoms with Gasteiger partial charge in [0.05, 0.1) is 30.5 Å². The van der Waals surface area contributed by atoms with Gasteiger partial charge >= 0.3 is 12.4 Å². The third-order valence-corrected chi connectivity index (χ3v) is 8.77. The van der Waals surface area contributed by atoms with Crippen molar-refractivity contribution in [2.45, 2.75) is 94.1 Å². The number of aryl methyl sites for hydroxylation is 1. The number of ether oxygens (including phenoxy) is 3. The van der Waals surface area contributed by atoms with Crippen LogP contribution in [-0.2, 0) is 33.0 Å². The minimum atomic E-state index is -4.83. The standard InChI is InChI=1S/C31H38F6N4O4/c1-43-27-18-44-16-13-24(27)38-21-11-14-41(15-12-21)28(42)25-17-22(39-29(40-25)31(35,36)37)9-10-23-3-2-4-26(45-23)19-5-7-20(8-6-19)30(32,33)34/h5-8,17,21,23-24,26-27,38H,2-4,9-16,18H2,1H3/t23-,24-,26+,27+/m1/s1. The molecule has 0 spiro atoms. The number of carbonyl (C=O) groups is 1. The van der Waals surface area contributed by atoms with Crippen molar-refractivity contribution in [3.63, 3.8) is 0 Å². The van der Waals surface area contributed by atoms with Gasteiger partial charge < -0.3 is 24.4 Å². The average Bonchev–Trinajstić information content (AvgIpc) is 3.03. The van der Waals surface area contributed by atoms with Crippen LogP contribution in [0.5, 0.6) is 0 Å². The van der Waals surface area contributed by atoms with Gasteiger partial charge in [0.15, 0.2) is 0 Å². The van der Waals surface area contributed by atoms with E-state index in [9.17, 15) is 31.1 Å². The first-order valence-corrected chi connectivity index (χ1v) is 15.3. The summed E-state index contributed by atoms with van der Waals surface area (Å²) in [6.45, 7) is 1.90. The van der Waals surface area contributed by atoms with Gasteiger partial charge in [-0.3, -0.25) is 4.79 Å². The molecule has 3 aliphatic rings. The Hall–Kier alpha value is -2.81. The van der Waals surface area contributed by atoms with E-state index in [1.54, 1.807) is 7.11 Å². The molecular formula is C31H38F6N4O4. The van der Waals surface area contributed by atoms with Crippen LogP contribution in [0.25, 0.3) is 0 Å². The predicted octanol–water partition coefficient (Wildman–Crippen LogP) is 5.76. The minimum absolute atomic E-state index is 0.0617. The maximum atomic E-state index is 13.8. The fourth-order valence-electron chi connectivity index (χ4n) is 6.26. The van der Waals surface area contributed by atoms with Crippen LogP contribution in [0.2, 0.25) is 0 Å². The number of benzene rings is 1. The predicted molar refractivity (Wildman–Crippen MR) is 150 cm³/mol. The minimum Gasteiger partial charge on any atom is -0.379 e. The molecule has 4 heterocycles. The Labute approximate surface area is 257 Å². The highest BCUT2D eigenvalue weighted by molar-refractivity contribution is 5.92. The Morgan fingerprint density at radius 1 is 1.00 bits per heavy atom. The topological polar surface area (TPSA) is 85.8 Å². The number of piperidine rings is 1. The number of hydrogen-bond acceptors (Lipinski definition) is 7. The number of halogens is 6. The molecule has 1 amide bonds. The molecule has 14 heteroatoms. The summed E-state index contributed by atoms with van der Waals surface area (Å²) in [6.07, 6.45) is -5.49. The van der Waals surface area contributed by atoms with Gasteiger partial charge in [0, 0.05) is 44.6 Å². The Morgan fingerprint density at radius 3 is 2.40 bits per heavy atom. The number of hydrogen-bond donors (Lipinski definition) is 1. The van der Waals surface area contributed by atoms with Crippen molar-refractivity contribution < 1.29 is 45.3 Å². The third kappa shape index (κ3) is 8.72. The Balaban J connectivity index is 1.20. The van der Waals surface area contributed by atoms with Gasteiger partial charge in [-0.1, -0.05) is 12.1 Å². The molecule has 1 N–H and O–H groups in total. The second-order valence-corrected chi connectivity index (χ2v) is 11.9. The normalized spacial score (nSPS) is 25.4. The lowest BCUT2D eigenvalue weighted by Gasteiger charge is -2.38. The van der Waals surface area contributed by atoms with Crippen molar-refractivity contribution in [1.29, 1.82) is 0 Å². The summed E-state index contributed by atoms with van der Waals surface area (Å²) in [6, 6.07) is 6.42. The van der Waals surface area contributed by atoms with Gasteiger partial charge in [0.2, 0.25) is 5.82 Å². The number of carbonyl (C=O) groups excluding carboxylic acids is 1. The van der Waals surface area contributed by atoms with Crippen LogP contribution < -0.4 is 5.32 Å². The molecule has 5 rings (SSSR count). The number of likely N-dealkylation sites (tertiary alicyclic amines) is 1. The first kappa shape index (κ1) is 33.6. The highest BCUT2D eigenvalue weighted by atomic mass is 19.4. The molecule has 0 bridgehead atoms. The summed E-state index contributed by atoms with van der Waals surface area (Å²) in [7, 11) is 1.64. The van der Waals surface area contributed by atoms with Gasteiger partial charge in [0.25, 0.3) is 5.91 Å². The van der Waals surface area contributed by atoms with Crippen LogP contribution in [0.3, 0.4) is 0 Å². The average molecular weight is 645 g/mol. The molecule has 8 nitrogen and oxygen atoms in total. The largest absolute Gasteiger partial charge is 0.451 e. The summed E-state index contributed by atoms with van der Waals surface area (Å²) in [5.41, 5.74) is -0.339. The maximum Gasteiger partial charge on any atom is 0.451 e. The number of methoxy groups -OCH3 is 1. The summed E-state index contributed by atoms with van der Waals surface area (Å²) in [4.78, 5) is 22.2. The SMILES string of the molecule is CO[C@H]1COCC[C@H]1NC1CCN(C(=O)c2cc(CC[C@H]3CCC[C@@H](c4ccc(C(F)(F)F)cc4)O3)nc(C(F)(F)F)n2)CC1. The lowest BCUT2D eigenvalue weighted by atomic mass is 9.95. The second kappa shape index (κ2) is 14.3. The third-order valence-electron chi connectivity index (χ3n) is 8.77. The zero-order valence-corrected chi connectivity index (χ0v) is 25.0. The fourth-order valence-corrected chi connectivity index (χ4v) is 6.26. The Bertz CT molecular complexity index is 1280. The molecule has 3 saturated heterocycles. The van der Waals surface area contributed by atoms with Crippen molar-refractivity contribution in [3.05, 3.63) is 58.7 Å². The highest BCUT2D eigenvalue weighted by Crippen LogP contribution is 2.35. The zero-order valence-electron chi connectivity index (χ0n) is 25.0. The first-order chi connectivity index (χ1) is 21.4.